The van der Waals surface area contributed by atoms with E-state index in [1.807, 2.05) is 11.8 Å². The SMILES string of the molecule is CCNC(=NCC1(O)CCC1SCC)NCCCN1CCCCC1C.I. The van der Waals surface area contributed by atoms with Crippen LogP contribution in [0.4, 0.5) is 0 Å². The topological polar surface area (TPSA) is 59.9 Å². The lowest BCUT2D eigenvalue weighted by Crippen LogP contribution is -2.53. The Morgan fingerprint density at radius 1 is 1.27 bits per heavy atom. The maximum Gasteiger partial charge on any atom is 0.191 e. The van der Waals surface area contributed by atoms with Gasteiger partial charge in [-0.2, -0.15) is 11.8 Å². The predicted molar refractivity (Wildman–Crippen MR) is 125 cm³/mol. The second-order valence-corrected chi connectivity index (χ2v) is 8.92. The maximum absolute atomic E-state index is 10.7. The van der Waals surface area contributed by atoms with E-state index in [4.69, 9.17) is 0 Å². The van der Waals surface area contributed by atoms with E-state index in [9.17, 15) is 5.11 Å². The van der Waals surface area contributed by atoms with E-state index in [1.54, 1.807) is 0 Å². The van der Waals surface area contributed by atoms with Crippen molar-refractivity contribution in [3.63, 3.8) is 0 Å². The predicted octanol–water partition coefficient (Wildman–Crippen LogP) is 3.07. The summed E-state index contributed by atoms with van der Waals surface area (Å²) in [6, 6.07) is 0.733. The molecule has 2 rings (SSSR count). The molecule has 3 N–H and O–H groups in total. The van der Waals surface area contributed by atoms with Crippen molar-refractivity contribution >= 4 is 41.7 Å². The Morgan fingerprint density at radius 2 is 2.08 bits per heavy atom. The van der Waals surface area contributed by atoms with Crippen molar-refractivity contribution in [1.29, 1.82) is 0 Å². The molecule has 0 radical (unpaired) electrons. The molecule has 2 fully saturated rings. The summed E-state index contributed by atoms with van der Waals surface area (Å²) >= 11 is 1.86. The zero-order chi connectivity index (χ0) is 18.1. The lowest BCUT2D eigenvalue weighted by atomic mass is 9.79. The minimum absolute atomic E-state index is 0. The van der Waals surface area contributed by atoms with Gasteiger partial charge in [-0.1, -0.05) is 13.3 Å². The lowest BCUT2D eigenvalue weighted by molar-refractivity contribution is -0.0154. The normalized spacial score (nSPS) is 29.6. The number of halogens is 1. The molecule has 0 spiro atoms. The van der Waals surface area contributed by atoms with Crippen molar-refractivity contribution in [2.45, 2.75) is 76.2 Å². The van der Waals surface area contributed by atoms with E-state index in [-0.39, 0.29) is 24.0 Å². The monoisotopic (exact) mass is 498 g/mol. The van der Waals surface area contributed by atoms with E-state index in [0.29, 0.717) is 11.8 Å². The summed E-state index contributed by atoms with van der Waals surface area (Å²) in [5.74, 6) is 1.90. The highest BCUT2D eigenvalue weighted by molar-refractivity contribution is 14.0. The Hall–Kier alpha value is 0.270. The number of rotatable bonds is 9. The molecule has 3 unspecified atom stereocenters. The number of piperidine rings is 1. The maximum atomic E-state index is 10.7. The van der Waals surface area contributed by atoms with Crippen molar-refractivity contribution in [2.24, 2.45) is 4.99 Å². The average molecular weight is 499 g/mol. The van der Waals surface area contributed by atoms with E-state index in [0.717, 1.165) is 56.7 Å². The second kappa shape index (κ2) is 12.7. The summed E-state index contributed by atoms with van der Waals surface area (Å²) in [5.41, 5.74) is -0.605. The molecule has 0 amide bonds. The third-order valence-electron chi connectivity index (χ3n) is 5.52. The van der Waals surface area contributed by atoms with E-state index >= 15 is 0 Å². The molecule has 0 aromatic rings. The van der Waals surface area contributed by atoms with E-state index in [1.165, 1.54) is 25.8 Å². The van der Waals surface area contributed by atoms with Gasteiger partial charge >= 0.3 is 0 Å². The van der Waals surface area contributed by atoms with Gasteiger partial charge in [0.05, 0.1) is 12.1 Å². The van der Waals surface area contributed by atoms with Crippen LogP contribution in [-0.4, -0.2) is 71.3 Å². The number of aliphatic imine (C=N–C) groups is 1. The number of thioether (sulfide) groups is 1. The molecule has 0 aromatic carbocycles. The van der Waals surface area contributed by atoms with Gasteiger partial charge in [-0.3, -0.25) is 4.99 Å². The summed E-state index contributed by atoms with van der Waals surface area (Å²) in [7, 11) is 0. The Morgan fingerprint density at radius 3 is 2.69 bits per heavy atom. The minimum atomic E-state index is -0.605. The van der Waals surface area contributed by atoms with Gasteiger partial charge in [0.25, 0.3) is 0 Å². The molecule has 0 bridgehead atoms. The average Bonchev–Trinajstić information content (AvgIpc) is 2.61. The first kappa shape index (κ1) is 24.3. The number of hydrogen-bond acceptors (Lipinski definition) is 4. The van der Waals surface area contributed by atoms with Gasteiger partial charge in [-0.05, 0) is 58.2 Å². The van der Waals surface area contributed by atoms with Crippen LogP contribution in [0, 0.1) is 0 Å². The number of guanidine groups is 1. The first-order chi connectivity index (χ1) is 12.1. The quantitative estimate of drug-likeness (QED) is 0.198. The number of nitrogens with zero attached hydrogens (tertiary/aromatic N) is 2. The van der Waals surface area contributed by atoms with Crippen molar-refractivity contribution in [2.75, 3.05) is 38.5 Å². The smallest absolute Gasteiger partial charge is 0.191 e. The number of aliphatic hydroxyl groups is 1. The second-order valence-electron chi connectivity index (χ2n) is 7.44. The highest BCUT2D eigenvalue weighted by atomic mass is 127. The van der Waals surface area contributed by atoms with Crippen LogP contribution >= 0.6 is 35.7 Å². The molecule has 1 aliphatic carbocycles. The molecule has 1 saturated carbocycles. The molecule has 0 aromatic heterocycles. The van der Waals surface area contributed by atoms with Gasteiger partial charge in [-0.15, -0.1) is 24.0 Å². The van der Waals surface area contributed by atoms with Gasteiger partial charge < -0.3 is 20.6 Å². The van der Waals surface area contributed by atoms with Crippen LogP contribution in [0.15, 0.2) is 4.99 Å². The molecule has 154 valence electrons. The van der Waals surface area contributed by atoms with Gasteiger partial charge in [0, 0.05) is 30.9 Å². The van der Waals surface area contributed by atoms with Gasteiger partial charge in [0.1, 0.15) is 0 Å². The highest BCUT2D eigenvalue weighted by Gasteiger charge is 2.45. The Labute approximate surface area is 181 Å². The number of hydrogen-bond donors (Lipinski definition) is 3. The van der Waals surface area contributed by atoms with Gasteiger partial charge in [0.2, 0.25) is 0 Å². The third kappa shape index (κ3) is 7.36. The molecular formula is C19H39IN4OS. The Kier molecular flexibility index (Phi) is 11.8. The number of nitrogens with one attached hydrogen (secondary N) is 2. The van der Waals surface area contributed by atoms with E-state index < -0.39 is 5.60 Å². The van der Waals surface area contributed by atoms with Crippen LogP contribution in [0.5, 0.6) is 0 Å². The van der Waals surface area contributed by atoms with Crippen LogP contribution in [0.2, 0.25) is 0 Å². The molecule has 1 saturated heterocycles. The highest BCUT2D eigenvalue weighted by Crippen LogP contribution is 2.41. The molecule has 3 atom stereocenters. The first-order valence-corrected chi connectivity index (χ1v) is 11.2. The lowest BCUT2D eigenvalue weighted by Gasteiger charge is -2.44. The zero-order valence-electron chi connectivity index (χ0n) is 16.8. The molecule has 26 heavy (non-hydrogen) atoms. The van der Waals surface area contributed by atoms with Crippen LogP contribution in [-0.2, 0) is 0 Å². The van der Waals surface area contributed by atoms with Crippen molar-refractivity contribution < 1.29 is 5.11 Å². The third-order valence-corrected chi connectivity index (χ3v) is 6.93. The summed E-state index contributed by atoms with van der Waals surface area (Å²) < 4.78 is 0. The van der Waals surface area contributed by atoms with Crippen LogP contribution in [0.1, 0.15) is 59.3 Å². The summed E-state index contributed by atoms with van der Waals surface area (Å²) in [6.07, 6.45) is 7.19. The fraction of sp³-hybridized carbons (Fsp3) is 0.947. The molecule has 5 nitrogen and oxygen atoms in total. The standard InChI is InChI=1S/C19H38N4OS.HI/c1-4-20-18(22-15-19(24)11-10-17(19)25-5-2)21-12-8-14-23-13-7-6-9-16(23)3;/h16-17,24H,4-15H2,1-3H3,(H2,20,21,22);1H. The summed E-state index contributed by atoms with van der Waals surface area (Å²) in [5, 5.41) is 17.8. The molecule has 7 heteroatoms. The first-order valence-electron chi connectivity index (χ1n) is 10.2. The van der Waals surface area contributed by atoms with Crippen molar-refractivity contribution in [1.82, 2.24) is 15.5 Å². The Bertz CT molecular complexity index is 426. The Balaban J connectivity index is 0.00000338. The fourth-order valence-corrected chi connectivity index (χ4v) is 4.94. The summed E-state index contributed by atoms with van der Waals surface area (Å²) in [6.45, 7) is 11.3. The molecule has 1 heterocycles. The van der Waals surface area contributed by atoms with Crippen molar-refractivity contribution in [3.05, 3.63) is 0 Å². The van der Waals surface area contributed by atoms with E-state index in [2.05, 4.69) is 41.3 Å². The van der Waals surface area contributed by atoms with Gasteiger partial charge in [-0.25, -0.2) is 0 Å². The molecule has 1 aliphatic heterocycles. The summed E-state index contributed by atoms with van der Waals surface area (Å²) in [4.78, 5) is 7.27. The van der Waals surface area contributed by atoms with Crippen LogP contribution in [0.25, 0.3) is 0 Å². The zero-order valence-corrected chi connectivity index (χ0v) is 19.9. The number of likely N-dealkylation sites (tertiary alicyclic amines) is 1. The molecule has 2 aliphatic rings. The van der Waals surface area contributed by atoms with Crippen molar-refractivity contribution in [3.8, 4) is 0 Å². The van der Waals surface area contributed by atoms with Gasteiger partial charge in [0.15, 0.2) is 5.96 Å². The minimum Gasteiger partial charge on any atom is -0.387 e. The van der Waals surface area contributed by atoms with Crippen LogP contribution < -0.4 is 10.6 Å². The largest absolute Gasteiger partial charge is 0.387 e. The fourth-order valence-electron chi connectivity index (χ4n) is 3.75. The molecular weight excluding hydrogens is 459 g/mol. The van der Waals surface area contributed by atoms with Crippen LogP contribution in [0.3, 0.4) is 0 Å².